The van der Waals surface area contributed by atoms with Crippen LogP contribution < -0.4 is 0 Å². The van der Waals surface area contributed by atoms with Crippen molar-refractivity contribution in [2.75, 3.05) is 7.11 Å². The van der Waals surface area contributed by atoms with Crippen molar-refractivity contribution in [1.29, 1.82) is 0 Å². The number of aliphatic hydroxyl groups is 1. The van der Waals surface area contributed by atoms with Gasteiger partial charge in [0.1, 0.15) is 0 Å². The first-order valence-corrected chi connectivity index (χ1v) is 9.62. The normalized spacial score (nSPS) is 31.3. The molecule has 0 saturated carbocycles. The first-order chi connectivity index (χ1) is 12.5. The number of allylic oxidation sites excluding steroid dienone is 1. The number of benzene rings is 1. The number of hydrogen-bond donors (Lipinski definition) is 1. The summed E-state index contributed by atoms with van der Waals surface area (Å²) in [6, 6.07) is 10.2. The van der Waals surface area contributed by atoms with Gasteiger partial charge in [0, 0.05) is 24.9 Å². The van der Waals surface area contributed by atoms with Gasteiger partial charge in [-0.05, 0) is 18.4 Å². The minimum atomic E-state index is -0.430. The predicted molar refractivity (Wildman–Crippen MR) is 104 cm³/mol. The largest absolute Gasteiger partial charge is 0.393 e. The lowest BCUT2D eigenvalue weighted by Gasteiger charge is -2.46. The van der Waals surface area contributed by atoms with Crippen molar-refractivity contribution in [3.05, 3.63) is 48.6 Å². The van der Waals surface area contributed by atoms with Gasteiger partial charge in [-0.2, -0.15) is 0 Å². The fourth-order valence-corrected chi connectivity index (χ4v) is 3.94. The average molecular weight is 363 g/mol. The van der Waals surface area contributed by atoms with Crippen LogP contribution in [-0.4, -0.2) is 36.8 Å². The molecular formula is C22H34O4. The second-order valence-corrected chi connectivity index (χ2v) is 7.48. The van der Waals surface area contributed by atoms with E-state index in [-0.39, 0.29) is 36.3 Å². The van der Waals surface area contributed by atoms with Crippen molar-refractivity contribution in [2.45, 2.75) is 64.8 Å². The highest BCUT2D eigenvalue weighted by Gasteiger charge is 2.45. The van der Waals surface area contributed by atoms with Crippen LogP contribution in [0.2, 0.25) is 0 Å². The summed E-state index contributed by atoms with van der Waals surface area (Å²) < 4.78 is 18.1. The summed E-state index contributed by atoms with van der Waals surface area (Å²) in [5, 5.41) is 10.5. The molecule has 1 heterocycles. The molecule has 1 aromatic carbocycles. The van der Waals surface area contributed by atoms with Crippen LogP contribution in [0.4, 0.5) is 0 Å². The van der Waals surface area contributed by atoms with Crippen LogP contribution in [0.1, 0.15) is 39.2 Å². The van der Waals surface area contributed by atoms with Crippen molar-refractivity contribution in [2.24, 2.45) is 17.8 Å². The Morgan fingerprint density at radius 1 is 1.23 bits per heavy atom. The third-order valence-corrected chi connectivity index (χ3v) is 5.58. The third kappa shape index (κ3) is 5.17. The molecule has 4 nitrogen and oxygen atoms in total. The number of methoxy groups -OCH3 is 1. The molecule has 1 saturated heterocycles. The molecule has 1 aliphatic heterocycles. The van der Waals surface area contributed by atoms with Gasteiger partial charge in [-0.1, -0.05) is 57.2 Å². The Balaban J connectivity index is 2.08. The molecule has 0 amide bonds. The van der Waals surface area contributed by atoms with Crippen LogP contribution in [0.5, 0.6) is 0 Å². The molecule has 7 atom stereocenters. The molecule has 0 bridgehead atoms. The highest BCUT2D eigenvalue weighted by atomic mass is 16.7. The Labute approximate surface area is 158 Å². The maximum Gasteiger partial charge on any atom is 0.162 e. The molecule has 146 valence electrons. The van der Waals surface area contributed by atoms with Crippen molar-refractivity contribution >= 4 is 0 Å². The molecule has 2 rings (SSSR count). The Morgan fingerprint density at radius 3 is 2.54 bits per heavy atom. The van der Waals surface area contributed by atoms with Crippen LogP contribution in [0.25, 0.3) is 0 Å². The van der Waals surface area contributed by atoms with E-state index in [1.807, 2.05) is 31.2 Å². The highest BCUT2D eigenvalue weighted by molar-refractivity contribution is 5.13. The number of aliphatic hydroxyl groups excluding tert-OH is 1. The first-order valence-electron chi connectivity index (χ1n) is 9.62. The number of hydrogen-bond acceptors (Lipinski definition) is 4. The van der Waals surface area contributed by atoms with E-state index in [4.69, 9.17) is 14.2 Å². The lowest BCUT2D eigenvalue weighted by Crippen LogP contribution is -2.54. The molecule has 4 heteroatoms. The second-order valence-electron chi connectivity index (χ2n) is 7.48. The molecule has 26 heavy (non-hydrogen) atoms. The smallest absolute Gasteiger partial charge is 0.162 e. The van der Waals surface area contributed by atoms with Gasteiger partial charge in [-0.15, -0.1) is 6.58 Å². The van der Waals surface area contributed by atoms with Crippen molar-refractivity contribution in [3.63, 3.8) is 0 Å². The van der Waals surface area contributed by atoms with Crippen LogP contribution in [0.15, 0.2) is 43.0 Å². The van der Waals surface area contributed by atoms with Crippen molar-refractivity contribution < 1.29 is 19.3 Å². The molecule has 0 unspecified atom stereocenters. The number of rotatable bonds is 9. The predicted octanol–water partition coefficient (Wildman–Crippen LogP) is 4.18. The van der Waals surface area contributed by atoms with Gasteiger partial charge >= 0.3 is 0 Å². The number of ether oxygens (including phenoxy) is 3. The molecule has 0 radical (unpaired) electrons. The van der Waals surface area contributed by atoms with E-state index < -0.39 is 6.10 Å². The zero-order valence-electron chi connectivity index (χ0n) is 16.5. The summed E-state index contributed by atoms with van der Waals surface area (Å²) in [7, 11) is 1.67. The minimum Gasteiger partial charge on any atom is -0.393 e. The SMILES string of the molecule is C=CCC[C@H](O)[C@@H](C)[C@@H]1O[C@@H](OC)[C@@H](C)[C@@H](OCc2ccccc2)[C@H]1C. The van der Waals surface area contributed by atoms with E-state index in [1.165, 1.54) is 0 Å². The van der Waals surface area contributed by atoms with Crippen LogP contribution in [0.3, 0.4) is 0 Å². The van der Waals surface area contributed by atoms with Crippen molar-refractivity contribution in [3.8, 4) is 0 Å². The first kappa shape index (κ1) is 21.1. The molecule has 1 aliphatic rings. The lowest BCUT2D eigenvalue weighted by atomic mass is 9.78. The Kier molecular flexibility index (Phi) is 8.29. The molecule has 0 aromatic heterocycles. The van der Waals surface area contributed by atoms with E-state index in [2.05, 4.69) is 32.6 Å². The maximum atomic E-state index is 10.5. The molecule has 1 aromatic rings. The summed E-state index contributed by atoms with van der Waals surface area (Å²) in [4.78, 5) is 0. The standard InChI is InChI=1S/C22H34O4/c1-6-7-13-19(23)15(2)21-16(3)20(17(4)22(24-5)26-21)25-14-18-11-9-8-10-12-18/h6,8-12,15-17,19-23H,1,7,13-14H2,2-5H3/t15-,16-,17+,19+,20+,21+,22-/m1/s1. The van der Waals surface area contributed by atoms with Crippen LogP contribution in [0, 0.1) is 17.8 Å². The van der Waals surface area contributed by atoms with Crippen LogP contribution in [-0.2, 0) is 20.8 Å². The Morgan fingerprint density at radius 2 is 1.92 bits per heavy atom. The molecule has 1 fully saturated rings. The van der Waals surface area contributed by atoms with E-state index >= 15 is 0 Å². The van der Waals surface area contributed by atoms with Gasteiger partial charge in [0.2, 0.25) is 0 Å². The summed E-state index contributed by atoms with van der Waals surface area (Å²) in [6.45, 7) is 10.6. The summed E-state index contributed by atoms with van der Waals surface area (Å²) >= 11 is 0. The molecule has 1 N–H and O–H groups in total. The van der Waals surface area contributed by atoms with Gasteiger partial charge in [0.15, 0.2) is 6.29 Å². The lowest BCUT2D eigenvalue weighted by molar-refractivity contribution is -0.276. The summed E-state index contributed by atoms with van der Waals surface area (Å²) in [6.07, 6.45) is 2.47. The van der Waals surface area contributed by atoms with Crippen molar-refractivity contribution in [1.82, 2.24) is 0 Å². The topological polar surface area (TPSA) is 47.9 Å². The van der Waals surface area contributed by atoms with Gasteiger partial charge in [-0.3, -0.25) is 0 Å². The highest BCUT2D eigenvalue weighted by Crippen LogP contribution is 2.37. The Bertz CT molecular complexity index is 532. The Hall–Kier alpha value is -1.20. The second kappa shape index (κ2) is 10.2. The maximum absolute atomic E-state index is 10.5. The fraction of sp³-hybridized carbons (Fsp3) is 0.636. The summed E-state index contributed by atoms with van der Waals surface area (Å²) in [5.74, 6) is 0.277. The fourth-order valence-electron chi connectivity index (χ4n) is 3.94. The monoisotopic (exact) mass is 362 g/mol. The van der Waals surface area contributed by atoms with Gasteiger partial charge in [-0.25, -0.2) is 0 Å². The van der Waals surface area contributed by atoms with E-state index in [9.17, 15) is 5.11 Å². The molecule has 0 spiro atoms. The zero-order chi connectivity index (χ0) is 19.1. The van der Waals surface area contributed by atoms with Gasteiger partial charge in [0.25, 0.3) is 0 Å². The average Bonchev–Trinajstić information content (AvgIpc) is 2.66. The van der Waals surface area contributed by atoms with E-state index in [0.717, 1.165) is 12.0 Å². The molecular weight excluding hydrogens is 328 g/mol. The van der Waals surface area contributed by atoms with E-state index in [1.54, 1.807) is 7.11 Å². The summed E-state index contributed by atoms with van der Waals surface area (Å²) in [5.41, 5.74) is 1.16. The van der Waals surface area contributed by atoms with Gasteiger partial charge in [0.05, 0.1) is 24.9 Å². The zero-order valence-corrected chi connectivity index (χ0v) is 16.5. The van der Waals surface area contributed by atoms with Crippen LogP contribution >= 0.6 is 0 Å². The van der Waals surface area contributed by atoms with E-state index in [0.29, 0.717) is 13.0 Å². The van der Waals surface area contributed by atoms with Gasteiger partial charge < -0.3 is 19.3 Å². The minimum absolute atomic E-state index is 0.00192. The quantitative estimate of drug-likeness (QED) is 0.670. The third-order valence-electron chi connectivity index (χ3n) is 5.58. The molecule has 0 aliphatic carbocycles.